The van der Waals surface area contributed by atoms with Crippen molar-refractivity contribution < 1.29 is 13.9 Å². The Morgan fingerprint density at radius 2 is 2.10 bits per heavy atom. The number of anilines is 1. The van der Waals surface area contributed by atoms with Crippen LogP contribution < -0.4 is 10.1 Å². The summed E-state index contributed by atoms with van der Waals surface area (Å²) in [6, 6.07) is 12.5. The van der Waals surface area contributed by atoms with Gasteiger partial charge in [0.25, 0.3) is 5.91 Å². The fraction of sp³-hybridized carbons (Fsp3) is 0.190. The van der Waals surface area contributed by atoms with E-state index in [1.54, 1.807) is 53.5 Å². The zero-order valence-electron chi connectivity index (χ0n) is 16.5. The molecule has 1 amide bonds. The molecule has 0 aliphatic rings. The number of halogens is 1. The normalized spacial score (nSPS) is 10.9. The van der Waals surface area contributed by atoms with Crippen LogP contribution in [0.5, 0.6) is 5.75 Å². The topological polar surface area (TPSA) is 87.1 Å². The van der Waals surface area contributed by atoms with Gasteiger partial charge in [-0.2, -0.15) is 10.2 Å². The molecule has 0 saturated carbocycles. The number of aromatic nitrogens is 4. The number of aryl methyl sites for hydroxylation is 2. The van der Waals surface area contributed by atoms with Crippen LogP contribution in [-0.4, -0.2) is 25.5 Å². The quantitative estimate of drug-likeness (QED) is 0.477. The SMILES string of the molecule is Cc1cc(C)n(Cc2ccc(C(=O)Nc3cnn(COc4cccc(Cl)c4)c3)o2)n1. The molecular weight excluding hydrogens is 406 g/mol. The van der Waals surface area contributed by atoms with E-state index in [-0.39, 0.29) is 18.4 Å². The number of nitrogens with zero attached hydrogens (tertiary/aromatic N) is 4. The molecular formula is C21H20ClN5O3. The van der Waals surface area contributed by atoms with Crippen molar-refractivity contribution in [2.75, 3.05) is 5.32 Å². The van der Waals surface area contributed by atoms with Gasteiger partial charge < -0.3 is 14.5 Å². The molecule has 0 unspecified atom stereocenters. The number of benzene rings is 1. The van der Waals surface area contributed by atoms with E-state index in [0.29, 0.717) is 28.8 Å². The van der Waals surface area contributed by atoms with Gasteiger partial charge in [-0.05, 0) is 50.2 Å². The number of rotatable bonds is 7. The third kappa shape index (κ3) is 4.72. The summed E-state index contributed by atoms with van der Waals surface area (Å²) >= 11 is 5.94. The van der Waals surface area contributed by atoms with Gasteiger partial charge in [0, 0.05) is 10.7 Å². The van der Waals surface area contributed by atoms with Crippen molar-refractivity contribution in [3.63, 3.8) is 0 Å². The van der Waals surface area contributed by atoms with E-state index in [4.69, 9.17) is 20.8 Å². The Bertz CT molecular complexity index is 1180. The smallest absolute Gasteiger partial charge is 0.291 e. The number of nitrogens with one attached hydrogen (secondary N) is 1. The molecule has 0 spiro atoms. The molecule has 4 aromatic rings. The summed E-state index contributed by atoms with van der Waals surface area (Å²) in [5.74, 6) is 1.14. The maximum atomic E-state index is 12.5. The van der Waals surface area contributed by atoms with E-state index in [0.717, 1.165) is 11.4 Å². The second-order valence-corrected chi connectivity index (χ2v) is 7.24. The third-order valence-corrected chi connectivity index (χ3v) is 4.58. The molecule has 3 aromatic heterocycles. The average Bonchev–Trinajstić information content (AvgIpc) is 3.42. The number of amides is 1. The van der Waals surface area contributed by atoms with Crippen molar-refractivity contribution in [2.24, 2.45) is 0 Å². The van der Waals surface area contributed by atoms with Crippen LogP contribution >= 0.6 is 11.6 Å². The molecule has 1 N–H and O–H groups in total. The van der Waals surface area contributed by atoms with E-state index in [1.165, 1.54) is 0 Å². The summed E-state index contributed by atoms with van der Waals surface area (Å²) in [4.78, 5) is 12.5. The van der Waals surface area contributed by atoms with Crippen molar-refractivity contribution in [3.8, 4) is 5.75 Å². The van der Waals surface area contributed by atoms with Gasteiger partial charge in [-0.3, -0.25) is 9.48 Å². The van der Waals surface area contributed by atoms with Crippen molar-refractivity contribution in [2.45, 2.75) is 27.1 Å². The minimum atomic E-state index is -0.357. The number of carbonyl (C=O) groups excluding carboxylic acids is 1. The first-order chi connectivity index (χ1) is 14.5. The summed E-state index contributed by atoms with van der Waals surface area (Å²) in [5.41, 5.74) is 2.50. The Balaban J connectivity index is 1.34. The highest BCUT2D eigenvalue weighted by atomic mass is 35.5. The minimum absolute atomic E-state index is 0.184. The summed E-state index contributed by atoms with van der Waals surface area (Å²) < 4.78 is 14.7. The Morgan fingerprint density at radius 3 is 2.87 bits per heavy atom. The van der Waals surface area contributed by atoms with Gasteiger partial charge in [-0.25, -0.2) is 4.68 Å². The van der Waals surface area contributed by atoms with E-state index in [2.05, 4.69) is 15.5 Å². The largest absolute Gasteiger partial charge is 0.471 e. The molecule has 0 aliphatic heterocycles. The predicted octanol–water partition coefficient (Wildman–Crippen LogP) is 4.28. The maximum absolute atomic E-state index is 12.5. The third-order valence-electron chi connectivity index (χ3n) is 4.35. The monoisotopic (exact) mass is 425 g/mol. The van der Waals surface area contributed by atoms with Crippen LogP contribution in [0.4, 0.5) is 5.69 Å². The van der Waals surface area contributed by atoms with Crippen LogP contribution in [0.3, 0.4) is 0 Å². The lowest BCUT2D eigenvalue weighted by atomic mass is 10.3. The molecule has 3 heterocycles. The molecule has 9 heteroatoms. The van der Waals surface area contributed by atoms with Gasteiger partial charge in [-0.15, -0.1) is 0 Å². The Morgan fingerprint density at radius 1 is 1.23 bits per heavy atom. The van der Waals surface area contributed by atoms with Crippen LogP contribution in [0.2, 0.25) is 5.02 Å². The Kier molecular flexibility index (Phi) is 5.58. The van der Waals surface area contributed by atoms with Crippen LogP contribution in [0.25, 0.3) is 0 Å². The zero-order chi connectivity index (χ0) is 21.1. The van der Waals surface area contributed by atoms with Crippen LogP contribution in [0.15, 0.2) is 59.3 Å². The Labute approximate surface area is 178 Å². The fourth-order valence-electron chi connectivity index (χ4n) is 2.96. The Hall–Kier alpha value is -3.52. The summed E-state index contributed by atoms with van der Waals surface area (Å²) in [6.07, 6.45) is 3.21. The summed E-state index contributed by atoms with van der Waals surface area (Å²) in [6.45, 7) is 4.56. The van der Waals surface area contributed by atoms with Crippen LogP contribution in [0.1, 0.15) is 27.7 Å². The lowest BCUT2D eigenvalue weighted by Gasteiger charge is -2.06. The minimum Gasteiger partial charge on any atom is -0.471 e. The molecule has 4 rings (SSSR count). The highest BCUT2D eigenvalue weighted by molar-refractivity contribution is 6.30. The maximum Gasteiger partial charge on any atom is 0.291 e. The second-order valence-electron chi connectivity index (χ2n) is 6.80. The highest BCUT2D eigenvalue weighted by Crippen LogP contribution is 2.18. The van der Waals surface area contributed by atoms with Crippen molar-refractivity contribution in [1.82, 2.24) is 19.6 Å². The number of hydrogen-bond acceptors (Lipinski definition) is 5. The highest BCUT2D eigenvalue weighted by Gasteiger charge is 2.14. The summed E-state index contributed by atoms with van der Waals surface area (Å²) in [5, 5.41) is 11.9. The first kappa shape index (κ1) is 19.8. The van der Waals surface area contributed by atoms with Crippen molar-refractivity contribution >= 4 is 23.2 Å². The number of hydrogen-bond donors (Lipinski definition) is 1. The molecule has 0 atom stereocenters. The molecule has 8 nitrogen and oxygen atoms in total. The van der Waals surface area contributed by atoms with Crippen molar-refractivity contribution in [1.29, 1.82) is 0 Å². The molecule has 0 fully saturated rings. The van der Waals surface area contributed by atoms with Crippen molar-refractivity contribution in [3.05, 3.63) is 82.8 Å². The zero-order valence-corrected chi connectivity index (χ0v) is 17.3. The van der Waals surface area contributed by atoms with Crippen LogP contribution in [0, 0.1) is 13.8 Å². The van der Waals surface area contributed by atoms with Gasteiger partial charge in [-0.1, -0.05) is 17.7 Å². The molecule has 0 aliphatic carbocycles. The number of ether oxygens (including phenoxy) is 1. The standard InChI is InChI=1S/C21H20ClN5O3/c1-14-8-15(2)27(25-14)12-19-6-7-20(30-19)21(28)24-17-10-23-26(11-17)13-29-18-5-3-4-16(22)9-18/h3-11H,12-13H2,1-2H3,(H,24,28). The van der Waals surface area contributed by atoms with E-state index in [1.807, 2.05) is 24.6 Å². The van der Waals surface area contributed by atoms with E-state index in [9.17, 15) is 4.79 Å². The second kappa shape index (κ2) is 8.46. The molecule has 0 bridgehead atoms. The number of furan rings is 1. The van der Waals surface area contributed by atoms with E-state index >= 15 is 0 Å². The fourth-order valence-corrected chi connectivity index (χ4v) is 3.14. The first-order valence-corrected chi connectivity index (χ1v) is 9.66. The van der Waals surface area contributed by atoms with Gasteiger partial charge >= 0.3 is 0 Å². The molecule has 154 valence electrons. The lowest BCUT2D eigenvalue weighted by Crippen LogP contribution is -2.10. The molecule has 1 aromatic carbocycles. The predicted molar refractivity (Wildman–Crippen MR) is 112 cm³/mol. The molecule has 30 heavy (non-hydrogen) atoms. The molecule has 0 radical (unpaired) electrons. The first-order valence-electron chi connectivity index (χ1n) is 9.28. The van der Waals surface area contributed by atoms with Gasteiger partial charge in [0.1, 0.15) is 11.5 Å². The summed E-state index contributed by atoms with van der Waals surface area (Å²) in [7, 11) is 0. The van der Waals surface area contributed by atoms with Gasteiger partial charge in [0.15, 0.2) is 12.5 Å². The number of carbonyl (C=O) groups is 1. The lowest BCUT2D eigenvalue weighted by molar-refractivity contribution is 0.0994. The molecule has 0 saturated heterocycles. The van der Waals surface area contributed by atoms with Crippen LogP contribution in [-0.2, 0) is 13.3 Å². The van der Waals surface area contributed by atoms with E-state index < -0.39 is 0 Å². The van der Waals surface area contributed by atoms with Gasteiger partial charge in [0.2, 0.25) is 0 Å². The average molecular weight is 426 g/mol. The van der Waals surface area contributed by atoms with Gasteiger partial charge in [0.05, 0.1) is 30.3 Å².